The molecular weight excluding hydrogens is 210 g/mol. The van der Waals surface area contributed by atoms with Crippen molar-refractivity contribution in [2.75, 3.05) is 7.05 Å². The molecule has 4 atom stereocenters. The van der Waals surface area contributed by atoms with Crippen LogP contribution in [0.3, 0.4) is 0 Å². The zero-order valence-corrected chi connectivity index (χ0v) is 10.7. The van der Waals surface area contributed by atoms with Crippen LogP contribution in [0.4, 0.5) is 0 Å². The quantitative estimate of drug-likeness (QED) is 0.791. The molecule has 3 heteroatoms. The minimum atomic E-state index is 0.271. The lowest BCUT2D eigenvalue weighted by Crippen LogP contribution is -2.50. The highest BCUT2D eigenvalue weighted by Gasteiger charge is 2.40. The first-order valence-electron chi connectivity index (χ1n) is 7.15. The predicted octanol–water partition coefficient (Wildman–Crippen LogP) is 1.89. The van der Waals surface area contributed by atoms with Crippen LogP contribution in [0.15, 0.2) is 0 Å². The van der Waals surface area contributed by atoms with Gasteiger partial charge in [-0.1, -0.05) is 6.42 Å². The van der Waals surface area contributed by atoms with Crippen LogP contribution in [-0.4, -0.2) is 36.1 Å². The van der Waals surface area contributed by atoms with E-state index >= 15 is 0 Å². The standard InChI is InChI=1S/C14H23N3/c1-17-12-5-6-13(17)8-11(7-12)16-14-4-2-3-10(14)9-15/h10-14,16H,2-8H2,1H3. The van der Waals surface area contributed by atoms with Gasteiger partial charge in [0, 0.05) is 24.2 Å². The minimum Gasteiger partial charge on any atom is -0.310 e. The molecule has 3 rings (SSSR count). The lowest BCUT2D eigenvalue weighted by Gasteiger charge is -2.38. The van der Waals surface area contributed by atoms with Crippen molar-refractivity contribution in [2.24, 2.45) is 5.92 Å². The largest absolute Gasteiger partial charge is 0.310 e. The summed E-state index contributed by atoms with van der Waals surface area (Å²) in [6, 6.07) is 5.22. The summed E-state index contributed by atoms with van der Waals surface area (Å²) in [6.07, 6.45) is 8.89. The third kappa shape index (κ3) is 2.09. The Morgan fingerprint density at radius 3 is 2.47 bits per heavy atom. The van der Waals surface area contributed by atoms with Crippen molar-refractivity contribution >= 4 is 0 Å². The number of nitriles is 1. The lowest BCUT2D eigenvalue weighted by molar-refractivity contribution is 0.141. The van der Waals surface area contributed by atoms with Crippen molar-refractivity contribution in [1.29, 1.82) is 5.26 Å². The summed E-state index contributed by atoms with van der Waals surface area (Å²) in [6.45, 7) is 0. The number of hydrogen-bond donors (Lipinski definition) is 1. The average Bonchev–Trinajstić information content (AvgIpc) is 2.82. The average molecular weight is 233 g/mol. The molecule has 2 bridgehead atoms. The molecule has 0 aromatic heterocycles. The smallest absolute Gasteiger partial charge is 0.0672 e. The first-order chi connectivity index (χ1) is 8.28. The molecular formula is C14H23N3. The van der Waals surface area contributed by atoms with E-state index in [0.717, 1.165) is 18.5 Å². The summed E-state index contributed by atoms with van der Waals surface area (Å²) in [5, 5.41) is 12.9. The van der Waals surface area contributed by atoms with Gasteiger partial charge >= 0.3 is 0 Å². The first kappa shape index (κ1) is 11.5. The summed E-state index contributed by atoms with van der Waals surface area (Å²) in [5.41, 5.74) is 0. The fraction of sp³-hybridized carbons (Fsp3) is 0.929. The molecule has 3 nitrogen and oxygen atoms in total. The van der Waals surface area contributed by atoms with Gasteiger partial charge in [-0.2, -0.15) is 5.26 Å². The van der Waals surface area contributed by atoms with Crippen LogP contribution in [0.5, 0.6) is 0 Å². The molecule has 0 aromatic carbocycles. The minimum absolute atomic E-state index is 0.271. The van der Waals surface area contributed by atoms with E-state index in [0.29, 0.717) is 12.1 Å². The Balaban J connectivity index is 1.58. The Hall–Kier alpha value is -0.590. The normalized spacial score (nSPS) is 46.0. The molecule has 0 amide bonds. The van der Waals surface area contributed by atoms with Crippen LogP contribution in [0, 0.1) is 17.2 Å². The fourth-order valence-corrected chi connectivity index (χ4v) is 4.16. The molecule has 2 aliphatic heterocycles. The Labute approximate surface area is 104 Å². The van der Waals surface area contributed by atoms with E-state index in [9.17, 15) is 0 Å². The number of fused-ring (bicyclic) bond motifs is 2. The van der Waals surface area contributed by atoms with E-state index in [1.54, 1.807) is 0 Å². The maximum Gasteiger partial charge on any atom is 0.0672 e. The molecule has 0 radical (unpaired) electrons. The Morgan fingerprint density at radius 1 is 1.12 bits per heavy atom. The van der Waals surface area contributed by atoms with Crippen LogP contribution in [0.1, 0.15) is 44.9 Å². The Kier molecular flexibility index (Phi) is 3.10. The maximum atomic E-state index is 9.13. The number of hydrogen-bond acceptors (Lipinski definition) is 3. The molecule has 17 heavy (non-hydrogen) atoms. The van der Waals surface area contributed by atoms with E-state index in [1.165, 1.54) is 38.5 Å². The van der Waals surface area contributed by atoms with E-state index in [4.69, 9.17) is 5.26 Å². The van der Waals surface area contributed by atoms with Crippen molar-refractivity contribution in [1.82, 2.24) is 10.2 Å². The van der Waals surface area contributed by atoms with Crippen molar-refractivity contribution in [3.05, 3.63) is 0 Å². The van der Waals surface area contributed by atoms with Gasteiger partial charge in [0.15, 0.2) is 0 Å². The summed E-state index contributed by atoms with van der Waals surface area (Å²) < 4.78 is 0. The molecule has 0 spiro atoms. The molecule has 2 saturated heterocycles. The molecule has 1 N–H and O–H groups in total. The highest BCUT2D eigenvalue weighted by atomic mass is 15.2. The third-order valence-corrected chi connectivity index (χ3v) is 5.23. The molecule has 1 saturated carbocycles. The van der Waals surface area contributed by atoms with Crippen LogP contribution in [-0.2, 0) is 0 Å². The van der Waals surface area contributed by atoms with Crippen LogP contribution in [0.25, 0.3) is 0 Å². The zero-order valence-electron chi connectivity index (χ0n) is 10.7. The number of nitrogens with one attached hydrogen (secondary N) is 1. The summed E-state index contributed by atoms with van der Waals surface area (Å²) in [7, 11) is 2.28. The summed E-state index contributed by atoms with van der Waals surface area (Å²) in [5.74, 6) is 0.271. The SMILES string of the molecule is CN1C2CCC1CC(NC1CCCC1C#N)C2. The monoisotopic (exact) mass is 233 g/mol. The first-order valence-corrected chi connectivity index (χ1v) is 7.15. The second kappa shape index (κ2) is 4.59. The van der Waals surface area contributed by atoms with Gasteiger partial charge < -0.3 is 10.2 Å². The molecule has 3 fully saturated rings. The lowest BCUT2D eigenvalue weighted by atomic mass is 9.95. The van der Waals surface area contributed by atoms with E-state index in [-0.39, 0.29) is 5.92 Å². The van der Waals surface area contributed by atoms with Gasteiger partial charge in [-0.25, -0.2) is 0 Å². The van der Waals surface area contributed by atoms with E-state index in [1.807, 2.05) is 0 Å². The summed E-state index contributed by atoms with van der Waals surface area (Å²) >= 11 is 0. The van der Waals surface area contributed by atoms with Gasteiger partial charge in [-0.05, 0) is 45.6 Å². The van der Waals surface area contributed by atoms with Crippen molar-refractivity contribution in [3.63, 3.8) is 0 Å². The van der Waals surface area contributed by atoms with Crippen LogP contribution >= 0.6 is 0 Å². The summed E-state index contributed by atoms with van der Waals surface area (Å²) in [4.78, 5) is 2.58. The Bertz CT molecular complexity index is 308. The van der Waals surface area contributed by atoms with Crippen LogP contribution < -0.4 is 5.32 Å². The third-order valence-electron chi connectivity index (χ3n) is 5.23. The molecule has 4 unspecified atom stereocenters. The topological polar surface area (TPSA) is 39.1 Å². The van der Waals surface area contributed by atoms with Gasteiger partial charge in [0.2, 0.25) is 0 Å². The van der Waals surface area contributed by atoms with Gasteiger partial charge in [0.25, 0.3) is 0 Å². The Morgan fingerprint density at radius 2 is 1.82 bits per heavy atom. The molecule has 3 aliphatic rings. The number of rotatable bonds is 2. The van der Waals surface area contributed by atoms with Gasteiger partial charge in [-0.15, -0.1) is 0 Å². The second-order valence-electron chi connectivity index (χ2n) is 6.16. The van der Waals surface area contributed by atoms with Crippen molar-refractivity contribution in [2.45, 2.75) is 69.1 Å². The van der Waals surface area contributed by atoms with Gasteiger partial charge in [0.1, 0.15) is 0 Å². The maximum absolute atomic E-state index is 9.13. The molecule has 94 valence electrons. The highest BCUT2D eigenvalue weighted by Crippen LogP contribution is 2.35. The number of nitrogens with zero attached hydrogens (tertiary/aromatic N) is 2. The fourth-order valence-electron chi connectivity index (χ4n) is 4.16. The van der Waals surface area contributed by atoms with Gasteiger partial charge in [-0.3, -0.25) is 0 Å². The predicted molar refractivity (Wildman–Crippen MR) is 67.5 cm³/mol. The highest BCUT2D eigenvalue weighted by molar-refractivity contribution is 5.01. The second-order valence-corrected chi connectivity index (χ2v) is 6.16. The molecule has 0 aromatic rings. The number of piperidine rings is 1. The van der Waals surface area contributed by atoms with E-state index in [2.05, 4.69) is 23.3 Å². The van der Waals surface area contributed by atoms with Crippen LogP contribution in [0.2, 0.25) is 0 Å². The molecule has 1 aliphatic carbocycles. The van der Waals surface area contributed by atoms with Gasteiger partial charge in [0.05, 0.1) is 12.0 Å². The van der Waals surface area contributed by atoms with Crippen molar-refractivity contribution < 1.29 is 0 Å². The molecule has 2 heterocycles. The van der Waals surface area contributed by atoms with E-state index < -0.39 is 0 Å². The zero-order chi connectivity index (χ0) is 11.8. The van der Waals surface area contributed by atoms with Crippen molar-refractivity contribution in [3.8, 4) is 6.07 Å².